The van der Waals surface area contributed by atoms with Crippen LogP contribution in [0.4, 0.5) is 13.2 Å². The zero-order chi connectivity index (χ0) is 28.0. The number of methoxy groups -OCH3 is 2. The minimum atomic E-state index is -5.04. The number of carbonyl (C=O) groups excluding carboxylic acids is 2. The van der Waals surface area contributed by atoms with Gasteiger partial charge in [-0.25, -0.2) is 4.98 Å². The number of ether oxygens (including phenoxy) is 3. The van der Waals surface area contributed by atoms with E-state index in [4.69, 9.17) is 14.2 Å². The molecule has 0 spiro atoms. The van der Waals surface area contributed by atoms with Gasteiger partial charge in [0.1, 0.15) is 0 Å². The second-order valence-corrected chi connectivity index (χ2v) is 9.05. The van der Waals surface area contributed by atoms with Crippen LogP contribution < -0.4 is 4.74 Å². The van der Waals surface area contributed by atoms with E-state index in [0.29, 0.717) is 5.56 Å². The number of benzene rings is 1. The molecule has 11 heteroatoms. The number of likely N-dealkylation sites (tertiary alicyclic amines) is 1. The van der Waals surface area contributed by atoms with Gasteiger partial charge in [0, 0.05) is 42.9 Å². The lowest BCUT2D eigenvalue weighted by Gasteiger charge is -2.46. The molecule has 1 aliphatic rings. The summed E-state index contributed by atoms with van der Waals surface area (Å²) in [5.74, 6) is -2.48. The summed E-state index contributed by atoms with van der Waals surface area (Å²) in [6.45, 7) is 1.52. The third-order valence-corrected chi connectivity index (χ3v) is 7.08. The van der Waals surface area contributed by atoms with Gasteiger partial charge in [-0.05, 0) is 25.8 Å². The Bertz CT molecular complexity index is 1160. The molecule has 2 heterocycles. The maximum absolute atomic E-state index is 14.5. The molecule has 0 aliphatic carbocycles. The molecule has 1 amide bonds. The van der Waals surface area contributed by atoms with Crippen molar-refractivity contribution in [2.75, 3.05) is 33.9 Å². The Morgan fingerprint density at radius 1 is 1.13 bits per heavy atom. The lowest BCUT2D eigenvalue weighted by Crippen LogP contribution is -2.59. The SMILES string of the molecule is CCOC(=O)CC1(C(C#N)c2cccnc2OC)CCN(C(=O)[C@](OC)(c2ccccc2)C(F)(F)F)CC1. The summed E-state index contributed by atoms with van der Waals surface area (Å²) in [7, 11) is 2.26. The van der Waals surface area contributed by atoms with Crippen molar-refractivity contribution in [2.24, 2.45) is 5.41 Å². The molecular formula is C27H30F3N3O5. The van der Waals surface area contributed by atoms with Gasteiger partial charge in [-0.3, -0.25) is 9.59 Å². The highest BCUT2D eigenvalue weighted by atomic mass is 19.4. The van der Waals surface area contributed by atoms with E-state index in [0.717, 1.165) is 12.0 Å². The van der Waals surface area contributed by atoms with Gasteiger partial charge in [0.05, 0.1) is 32.1 Å². The number of nitriles is 1. The molecule has 8 nitrogen and oxygen atoms in total. The smallest absolute Gasteiger partial charge is 0.430 e. The van der Waals surface area contributed by atoms with Crippen LogP contribution in [0.3, 0.4) is 0 Å². The first kappa shape index (κ1) is 28.9. The number of carbonyl (C=O) groups is 2. The summed E-state index contributed by atoms with van der Waals surface area (Å²) < 4.78 is 58.8. The van der Waals surface area contributed by atoms with Crippen LogP contribution in [0.5, 0.6) is 5.88 Å². The van der Waals surface area contributed by atoms with Gasteiger partial charge in [0.25, 0.3) is 11.5 Å². The molecule has 0 saturated carbocycles. The first-order chi connectivity index (χ1) is 18.1. The number of nitrogens with zero attached hydrogens (tertiary/aromatic N) is 3. The molecular weight excluding hydrogens is 503 g/mol. The number of halogens is 3. The quantitative estimate of drug-likeness (QED) is 0.442. The first-order valence-corrected chi connectivity index (χ1v) is 12.1. The Morgan fingerprint density at radius 3 is 2.32 bits per heavy atom. The number of amides is 1. The Labute approximate surface area is 219 Å². The molecule has 1 unspecified atom stereocenters. The van der Waals surface area contributed by atoms with E-state index in [1.165, 1.54) is 37.6 Å². The topological polar surface area (TPSA) is 102 Å². The monoisotopic (exact) mass is 533 g/mol. The lowest BCUT2D eigenvalue weighted by atomic mass is 9.64. The van der Waals surface area contributed by atoms with Crippen LogP contribution >= 0.6 is 0 Å². The highest BCUT2D eigenvalue weighted by Gasteiger charge is 2.64. The van der Waals surface area contributed by atoms with Crippen molar-refractivity contribution >= 4 is 11.9 Å². The molecule has 3 rings (SSSR count). The lowest BCUT2D eigenvalue weighted by molar-refractivity contribution is -0.271. The molecule has 0 radical (unpaired) electrons. The molecule has 1 fully saturated rings. The Kier molecular flexibility index (Phi) is 8.99. The fraction of sp³-hybridized carbons (Fsp3) is 0.481. The van der Waals surface area contributed by atoms with E-state index in [1.54, 1.807) is 25.1 Å². The summed E-state index contributed by atoms with van der Waals surface area (Å²) in [6, 6.07) is 12.3. The first-order valence-electron chi connectivity index (χ1n) is 12.1. The summed E-state index contributed by atoms with van der Waals surface area (Å²) in [5.41, 5.74) is -4.11. The van der Waals surface area contributed by atoms with Crippen LogP contribution in [0.25, 0.3) is 0 Å². The van der Waals surface area contributed by atoms with E-state index in [9.17, 15) is 28.0 Å². The van der Waals surface area contributed by atoms with Crippen molar-refractivity contribution in [3.63, 3.8) is 0 Å². The molecule has 0 bridgehead atoms. The van der Waals surface area contributed by atoms with Gasteiger partial charge in [0.15, 0.2) is 0 Å². The largest absolute Gasteiger partial charge is 0.481 e. The van der Waals surface area contributed by atoms with Crippen molar-refractivity contribution in [1.29, 1.82) is 5.26 Å². The number of piperidine rings is 1. The normalized spacial score (nSPS) is 17.6. The summed E-state index contributed by atoms with van der Waals surface area (Å²) in [4.78, 5) is 31.4. The van der Waals surface area contributed by atoms with Crippen LogP contribution in [-0.4, -0.2) is 61.9 Å². The maximum Gasteiger partial charge on any atom is 0.430 e. The number of alkyl halides is 3. The molecule has 2 aromatic rings. The van der Waals surface area contributed by atoms with Crippen LogP contribution in [0.2, 0.25) is 0 Å². The Hall–Kier alpha value is -3.65. The van der Waals surface area contributed by atoms with E-state index in [-0.39, 0.29) is 50.4 Å². The second kappa shape index (κ2) is 11.8. The highest BCUT2D eigenvalue weighted by Crippen LogP contribution is 2.50. The van der Waals surface area contributed by atoms with E-state index >= 15 is 0 Å². The van der Waals surface area contributed by atoms with Gasteiger partial charge < -0.3 is 19.1 Å². The molecule has 1 aliphatic heterocycles. The van der Waals surface area contributed by atoms with Crippen molar-refractivity contribution in [3.05, 3.63) is 59.8 Å². The summed E-state index contributed by atoms with van der Waals surface area (Å²) >= 11 is 0. The minimum absolute atomic E-state index is 0.0697. The fourth-order valence-electron chi connectivity index (χ4n) is 5.18. The molecule has 1 aromatic heterocycles. The highest BCUT2D eigenvalue weighted by molar-refractivity contribution is 5.88. The van der Waals surface area contributed by atoms with E-state index < -0.39 is 35.0 Å². The number of rotatable bonds is 9. The average Bonchev–Trinajstić information content (AvgIpc) is 2.90. The third-order valence-electron chi connectivity index (χ3n) is 7.08. The summed E-state index contributed by atoms with van der Waals surface area (Å²) in [6.07, 6.45) is -3.56. The van der Waals surface area contributed by atoms with Gasteiger partial charge in [0.2, 0.25) is 5.88 Å². The number of hydrogen-bond acceptors (Lipinski definition) is 7. The van der Waals surface area contributed by atoms with E-state index in [1.807, 2.05) is 0 Å². The standard InChI is InChI=1S/C27H30F3N3O5/c1-4-38-22(34)17-25(21(18-31)20-11-8-14-32-23(20)36-2)12-15-33(16-13-25)24(35)26(37-3,27(28,29)30)19-9-6-5-7-10-19/h5-11,14,21H,4,12-13,15-17H2,1-3H3/t21?,26-/m1/s1. The van der Waals surface area contributed by atoms with Gasteiger partial charge in [-0.1, -0.05) is 36.4 Å². The molecule has 0 N–H and O–H groups in total. The zero-order valence-electron chi connectivity index (χ0n) is 21.5. The predicted octanol–water partition coefficient (Wildman–Crippen LogP) is 4.36. The average molecular weight is 534 g/mol. The fourth-order valence-corrected chi connectivity index (χ4v) is 5.18. The van der Waals surface area contributed by atoms with Gasteiger partial charge >= 0.3 is 12.1 Å². The Morgan fingerprint density at radius 2 is 1.79 bits per heavy atom. The molecule has 2 atom stereocenters. The third kappa shape index (κ3) is 5.31. The Balaban J connectivity index is 1.99. The van der Waals surface area contributed by atoms with Gasteiger partial charge in [-0.15, -0.1) is 0 Å². The van der Waals surface area contributed by atoms with Gasteiger partial charge in [-0.2, -0.15) is 18.4 Å². The van der Waals surface area contributed by atoms with Crippen LogP contribution in [0.1, 0.15) is 43.2 Å². The van der Waals surface area contributed by atoms with Crippen molar-refractivity contribution in [3.8, 4) is 11.9 Å². The molecule has 1 saturated heterocycles. The summed E-state index contributed by atoms with van der Waals surface area (Å²) in [5, 5.41) is 10.2. The molecule has 204 valence electrons. The molecule has 1 aromatic carbocycles. The number of hydrogen-bond donors (Lipinski definition) is 0. The van der Waals surface area contributed by atoms with Crippen LogP contribution in [0, 0.1) is 16.7 Å². The zero-order valence-corrected chi connectivity index (χ0v) is 21.5. The number of esters is 1. The number of pyridine rings is 1. The maximum atomic E-state index is 14.5. The van der Waals surface area contributed by atoms with Crippen molar-refractivity contribution < 1.29 is 37.0 Å². The van der Waals surface area contributed by atoms with E-state index in [2.05, 4.69) is 11.1 Å². The number of aromatic nitrogens is 1. The minimum Gasteiger partial charge on any atom is -0.481 e. The predicted molar refractivity (Wildman–Crippen MR) is 130 cm³/mol. The molecule has 38 heavy (non-hydrogen) atoms. The van der Waals surface area contributed by atoms with Crippen molar-refractivity contribution in [2.45, 2.75) is 43.9 Å². The van der Waals surface area contributed by atoms with Crippen molar-refractivity contribution in [1.82, 2.24) is 9.88 Å². The van der Waals surface area contributed by atoms with Crippen LogP contribution in [0.15, 0.2) is 48.7 Å². The second-order valence-electron chi connectivity index (χ2n) is 9.05. The van der Waals surface area contributed by atoms with Crippen LogP contribution in [-0.2, 0) is 24.7 Å².